The number of carbonyl (C=O) groups excluding carboxylic acids is 1. The summed E-state index contributed by atoms with van der Waals surface area (Å²) in [6.07, 6.45) is 2.07. The third-order valence-corrected chi connectivity index (χ3v) is 6.67. The minimum atomic E-state index is -3.89. The number of nitrogens with one attached hydrogen (secondary N) is 1. The highest BCUT2D eigenvalue weighted by Crippen LogP contribution is 2.25. The van der Waals surface area contributed by atoms with E-state index < -0.39 is 16.1 Å². The van der Waals surface area contributed by atoms with E-state index in [0.717, 1.165) is 24.4 Å². The molecule has 0 bridgehead atoms. The number of aromatic nitrogens is 2. The molecule has 1 aromatic carbocycles. The fourth-order valence-corrected chi connectivity index (χ4v) is 4.87. The maximum absolute atomic E-state index is 13.2. The summed E-state index contributed by atoms with van der Waals surface area (Å²) in [4.78, 5) is 12.5. The number of hydrogen-bond donors (Lipinski definition) is 1. The highest BCUT2D eigenvalue weighted by atomic mass is 35.5. The second kappa shape index (κ2) is 7.77. The molecule has 0 aliphatic carbocycles. The lowest BCUT2D eigenvalue weighted by Crippen LogP contribution is -2.48. The number of nitrogens with zero attached hydrogens (tertiary/aromatic N) is 3. The normalized spacial score (nSPS) is 18.8. The third kappa shape index (κ3) is 4.17. The van der Waals surface area contributed by atoms with Gasteiger partial charge in [0.25, 0.3) is 0 Å². The Balaban J connectivity index is 2.00. The molecule has 2 heterocycles. The molecule has 1 N–H and O–H groups in total. The van der Waals surface area contributed by atoms with Crippen molar-refractivity contribution >= 4 is 39.1 Å². The van der Waals surface area contributed by atoms with Gasteiger partial charge in [0.1, 0.15) is 6.04 Å². The van der Waals surface area contributed by atoms with Gasteiger partial charge in [-0.3, -0.25) is 4.79 Å². The topological polar surface area (TPSA) is 92.3 Å². The lowest BCUT2D eigenvalue weighted by atomic mass is 10.1. The molecule has 1 amide bonds. The van der Waals surface area contributed by atoms with Crippen LogP contribution in [0.15, 0.2) is 34.5 Å². The molecule has 1 aromatic heterocycles. The second-order valence-electron chi connectivity index (χ2n) is 5.70. The number of rotatable bonds is 5. The zero-order chi connectivity index (χ0) is 17.9. The molecule has 7 nitrogen and oxygen atoms in total. The summed E-state index contributed by atoms with van der Waals surface area (Å²) in [6, 6.07) is 5.15. The van der Waals surface area contributed by atoms with Gasteiger partial charge in [-0.25, -0.2) is 8.42 Å². The van der Waals surface area contributed by atoms with E-state index in [1.807, 2.05) is 0 Å². The number of carbonyl (C=O) groups is 1. The molecule has 1 unspecified atom stereocenters. The molecule has 1 atom stereocenters. The first-order valence-corrected chi connectivity index (χ1v) is 10.4. The molecule has 1 saturated heterocycles. The van der Waals surface area contributed by atoms with Gasteiger partial charge in [0.05, 0.1) is 17.1 Å². The van der Waals surface area contributed by atoms with E-state index in [1.54, 1.807) is 5.38 Å². The first-order chi connectivity index (χ1) is 12.0. The molecule has 1 fully saturated rings. The SMILES string of the molecule is O=C1NCCCCC1N(Cc1csnn1)S(=O)(=O)c1ccc(Cl)cc1. The molecule has 0 radical (unpaired) electrons. The number of benzene rings is 1. The zero-order valence-electron chi connectivity index (χ0n) is 13.3. The van der Waals surface area contributed by atoms with Gasteiger partial charge in [-0.05, 0) is 55.1 Å². The molecule has 3 rings (SSSR count). The molecule has 1 aliphatic rings. The van der Waals surface area contributed by atoms with Gasteiger partial charge in [0.2, 0.25) is 15.9 Å². The maximum Gasteiger partial charge on any atom is 0.244 e. The highest BCUT2D eigenvalue weighted by Gasteiger charge is 2.36. The van der Waals surface area contributed by atoms with Gasteiger partial charge < -0.3 is 5.32 Å². The Morgan fingerprint density at radius 2 is 2.04 bits per heavy atom. The van der Waals surface area contributed by atoms with Crippen molar-refractivity contribution in [2.24, 2.45) is 0 Å². The van der Waals surface area contributed by atoms with Crippen LogP contribution in [0.2, 0.25) is 5.02 Å². The van der Waals surface area contributed by atoms with Gasteiger partial charge >= 0.3 is 0 Å². The molecule has 10 heteroatoms. The van der Waals surface area contributed by atoms with E-state index in [2.05, 4.69) is 14.9 Å². The molecule has 2 aromatic rings. The summed E-state index contributed by atoms with van der Waals surface area (Å²) in [6.45, 7) is 0.558. The second-order valence-corrected chi connectivity index (χ2v) is 8.64. The average molecular weight is 401 g/mol. The molecular weight excluding hydrogens is 384 g/mol. The minimum absolute atomic E-state index is 0.000450. The number of hydrogen-bond acceptors (Lipinski definition) is 6. The standard InChI is InChI=1S/C15H17ClN4O3S2/c16-11-4-6-13(7-5-11)25(22,23)20(9-12-10-24-19-18-12)14-3-1-2-8-17-15(14)21/h4-7,10,14H,1-3,8-9H2,(H,17,21). The van der Waals surface area contributed by atoms with Gasteiger partial charge in [-0.2, -0.15) is 4.31 Å². The van der Waals surface area contributed by atoms with Crippen LogP contribution in [-0.4, -0.2) is 40.8 Å². The van der Waals surface area contributed by atoms with Crippen molar-refractivity contribution in [1.29, 1.82) is 0 Å². The van der Waals surface area contributed by atoms with Crippen LogP contribution < -0.4 is 5.32 Å². The summed E-state index contributed by atoms with van der Waals surface area (Å²) < 4.78 is 31.4. The van der Waals surface area contributed by atoms with E-state index >= 15 is 0 Å². The Morgan fingerprint density at radius 3 is 2.72 bits per heavy atom. The predicted octanol–water partition coefficient (Wildman–Crippen LogP) is 2.05. The highest BCUT2D eigenvalue weighted by molar-refractivity contribution is 7.89. The van der Waals surface area contributed by atoms with E-state index in [9.17, 15) is 13.2 Å². The van der Waals surface area contributed by atoms with Crippen LogP contribution in [0.4, 0.5) is 0 Å². The summed E-state index contributed by atoms with van der Waals surface area (Å²) in [5, 5.41) is 8.84. The smallest absolute Gasteiger partial charge is 0.244 e. The maximum atomic E-state index is 13.2. The van der Waals surface area contributed by atoms with Crippen molar-refractivity contribution in [3.8, 4) is 0 Å². The molecular formula is C15H17ClN4O3S2. The fraction of sp³-hybridized carbons (Fsp3) is 0.400. The Hall–Kier alpha value is -1.55. The van der Waals surface area contributed by atoms with E-state index in [1.165, 1.54) is 28.6 Å². The van der Waals surface area contributed by atoms with Crippen LogP contribution in [0.1, 0.15) is 25.0 Å². The van der Waals surface area contributed by atoms with Crippen molar-refractivity contribution in [3.63, 3.8) is 0 Å². The van der Waals surface area contributed by atoms with Crippen LogP contribution in [0.25, 0.3) is 0 Å². The van der Waals surface area contributed by atoms with Gasteiger partial charge in [0, 0.05) is 16.9 Å². The third-order valence-electron chi connectivity index (χ3n) is 4.00. The van der Waals surface area contributed by atoms with Crippen molar-refractivity contribution < 1.29 is 13.2 Å². The van der Waals surface area contributed by atoms with Gasteiger partial charge in [-0.15, -0.1) is 5.10 Å². The molecule has 1 aliphatic heterocycles. The molecule has 25 heavy (non-hydrogen) atoms. The quantitative estimate of drug-likeness (QED) is 0.829. The summed E-state index contributed by atoms with van der Waals surface area (Å²) in [5.41, 5.74) is 0.514. The van der Waals surface area contributed by atoms with Crippen LogP contribution in [0.5, 0.6) is 0 Å². The van der Waals surface area contributed by atoms with Gasteiger partial charge in [0.15, 0.2) is 0 Å². The lowest BCUT2D eigenvalue weighted by Gasteiger charge is -2.28. The Morgan fingerprint density at radius 1 is 1.28 bits per heavy atom. The Labute approximate surface area is 155 Å². The molecule has 0 spiro atoms. The van der Waals surface area contributed by atoms with Crippen molar-refractivity contribution in [1.82, 2.24) is 19.2 Å². The summed E-state index contributed by atoms with van der Waals surface area (Å²) >= 11 is 7.00. The lowest BCUT2D eigenvalue weighted by molar-refractivity contribution is -0.124. The first-order valence-electron chi connectivity index (χ1n) is 7.79. The summed E-state index contributed by atoms with van der Waals surface area (Å²) in [7, 11) is -3.89. The number of amides is 1. The largest absolute Gasteiger partial charge is 0.355 e. The van der Waals surface area contributed by atoms with Crippen LogP contribution >= 0.6 is 23.1 Å². The number of halogens is 1. The van der Waals surface area contributed by atoms with E-state index in [-0.39, 0.29) is 17.3 Å². The molecule has 134 valence electrons. The summed E-state index contributed by atoms with van der Waals surface area (Å²) in [5.74, 6) is -0.279. The van der Waals surface area contributed by atoms with Crippen LogP contribution in [0.3, 0.4) is 0 Å². The molecule has 0 saturated carbocycles. The Kier molecular flexibility index (Phi) is 5.67. The predicted molar refractivity (Wildman–Crippen MR) is 94.7 cm³/mol. The Bertz CT molecular complexity index is 825. The van der Waals surface area contributed by atoms with Crippen molar-refractivity contribution in [2.75, 3.05) is 6.54 Å². The van der Waals surface area contributed by atoms with E-state index in [0.29, 0.717) is 23.7 Å². The zero-order valence-corrected chi connectivity index (χ0v) is 15.6. The average Bonchev–Trinajstić information content (AvgIpc) is 3.01. The fourth-order valence-electron chi connectivity index (χ4n) is 2.72. The van der Waals surface area contributed by atoms with Gasteiger partial charge in [-0.1, -0.05) is 16.1 Å². The van der Waals surface area contributed by atoms with Crippen molar-refractivity contribution in [2.45, 2.75) is 36.7 Å². The minimum Gasteiger partial charge on any atom is -0.355 e. The first kappa shape index (κ1) is 18.2. The number of sulfonamides is 1. The van der Waals surface area contributed by atoms with Crippen LogP contribution in [-0.2, 0) is 21.4 Å². The monoisotopic (exact) mass is 400 g/mol. The van der Waals surface area contributed by atoms with E-state index in [4.69, 9.17) is 11.6 Å². The van der Waals surface area contributed by atoms with Crippen LogP contribution in [0, 0.1) is 0 Å². The van der Waals surface area contributed by atoms with Crippen molar-refractivity contribution in [3.05, 3.63) is 40.4 Å².